The summed E-state index contributed by atoms with van der Waals surface area (Å²) >= 11 is 0. The van der Waals surface area contributed by atoms with Crippen molar-refractivity contribution in [1.29, 1.82) is 0 Å². The van der Waals surface area contributed by atoms with Crippen molar-refractivity contribution in [3.8, 4) is 0 Å². The normalized spacial score (nSPS) is 14.2. The summed E-state index contributed by atoms with van der Waals surface area (Å²) < 4.78 is 68.6. The zero-order valence-corrected chi connectivity index (χ0v) is 65.4. The van der Waals surface area contributed by atoms with Crippen molar-refractivity contribution in [2.45, 2.75) is 393 Å². The molecule has 3 N–H and O–H groups in total. The zero-order valence-electron chi connectivity index (χ0n) is 63.6. The van der Waals surface area contributed by atoms with Crippen molar-refractivity contribution in [1.82, 2.24) is 0 Å². The van der Waals surface area contributed by atoms with Crippen LogP contribution in [0.15, 0.2) is 48.6 Å². The lowest BCUT2D eigenvalue weighted by Crippen LogP contribution is -2.30. The molecule has 0 heterocycles. The number of carbonyl (C=O) groups is 4. The first kappa shape index (κ1) is 96.0. The fourth-order valence-electron chi connectivity index (χ4n) is 11.3. The minimum Gasteiger partial charge on any atom is -0.462 e. The number of allylic oxidation sites excluding steroid dienone is 8. The third kappa shape index (κ3) is 73.1. The molecule has 19 heteroatoms. The van der Waals surface area contributed by atoms with Gasteiger partial charge in [-0.05, 0) is 83.0 Å². The van der Waals surface area contributed by atoms with E-state index in [-0.39, 0.29) is 25.7 Å². The van der Waals surface area contributed by atoms with Crippen LogP contribution in [0.2, 0.25) is 0 Å². The molecule has 0 fully saturated rings. The number of ether oxygens (including phenoxy) is 4. The van der Waals surface area contributed by atoms with Gasteiger partial charge in [-0.3, -0.25) is 37.3 Å². The molecule has 0 aliphatic heterocycles. The highest BCUT2D eigenvalue weighted by atomic mass is 31.2. The molecular formula is C80H148O17P2. The number of carbonyl (C=O) groups excluding carboxylic acids is 4. The smallest absolute Gasteiger partial charge is 0.462 e. The molecule has 0 rings (SSSR count). The van der Waals surface area contributed by atoms with Gasteiger partial charge in [0.2, 0.25) is 0 Å². The van der Waals surface area contributed by atoms with Crippen molar-refractivity contribution in [3.63, 3.8) is 0 Å². The largest absolute Gasteiger partial charge is 0.472 e. The molecule has 0 aromatic carbocycles. The van der Waals surface area contributed by atoms with Crippen LogP contribution in [0.3, 0.4) is 0 Å². The number of hydrogen-bond acceptors (Lipinski definition) is 15. The molecule has 2 unspecified atom stereocenters. The summed E-state index contributed by atoms with van der Waals surface area (Å²) in [4.78, 5) is 72.9. The molecule has 0 bridgehead atoms. The van der Waals surface area contributed by atoms with Gasteiger partial charge in [0, 0.05) is 25.7 Å². The van der Waals surface area contributed by atoms with E-state index in [1.807, 2.05) is 0 Å². The minimum atomic E-state index is -4.97. The average molecular weight is 1440 g/mol. The number of aliphatic hydroxyl groups is 1. The number of esters is 4. The highest BCUT2D eigenvalue weighted by Gasteiger charge is 2.30. The van der Waals surface area contributed by atoms with Gasteiger partial charge >= 0.3 is 39.5 Å². The molecule has 0 aliphatic carbocycles. The van der Waals surface area contributed by atoms with Gasteiger partial charge in [-0.1, -0.05) is 321 Å². The van der Waals surface area contributed by atoms with Crippen LogP contribution < -0.4 is 0 Å². The van der Waals surface area contributed by atoms with Gasteiger partial charge in [-0.15, -0.1) is 0 Å². The summed E-state index contributed by atoms with van der Waals surface area (Å²) in [7, 11) is -9.94. The molecule has 0 radical (unpaired) electrons. The van der Waals surface area contributed by atoms with Crippen LogP contribution in [0.1, 0.15) is 375 Å². The topological polar surface area (TPSA) is 237 Å². The Morgan fingerprint density at radius 2 is 0.545 bits per heavy atom. The number of phosphoric acid groups is 2. The monoisotopic (exact) mass is 1440 g/mol. The first-order valence-corrected chi connectivity index (χ1v) is 43.3. The minimum absolute atomic E-state index is 0.0824. The van der Waals surface area contributed by atoms with Gasteiger partial charge in [-0.25, -0.2) is 9.13 Å². The molecule has 0 saturated carbocycles. The Kier molecular flexibility index (Phi) is 69.8. The standard InChI is InChI=1S/C80H148O17P2/c1-6-9-12-15-18-21-24-27-30-31-32-35-38-41-44-51-56-61-66-79(84)96-75(69-90-77(82)63-58-53-48-42-39-36-33-28-25-22-19-16-13-10-7-2)71-94-98(86,87)92-67-74(81)68-93-99(88,89)95-72-76(70-91-78(83)64-59-54-49-46-45-47-52-57-62-73(4)5)97-80(85)65-60-55-50-43-40-37-34-29-26-23-20-17-14-11-8-3/h22-23,25-26,28-29,33-34,73-76,81H,6-21,24,27,30-32,35-72H2,1-5H3,(H,86,87)(H,88,89)/b25-22-,26-23-,33-28-,34-29-/t74-,75-,76-/m1/s1. The second kappa shape index (κ2) is 72.0. The van der Waals surface area contributed by atoms with Crippen LogP contribution in [0, 0.1) is 5.92 Å². The lowest BCUT2D eigenvalue weighted by atomic mass is 10.0. The van der Waals surface area contributed by atoms with Gasteiger partial charge in [-0.2, -0.15) is 0 Å². The van der Waals surface area contributed by atoms with E-state index in [2.05, 4.69) is 83.2 Å². The number of rotatable bonds is 76. The summed E-state index contributed by atoms with van der Waals surface area (Å²) in [6, 6.07) is 0. The fourth-order valence-corrected chi connectivity index (χ4v) is 12.9. The second-order valence-electron chi connectivity index (χ2n) is 27.9. The van der Waals surface area contributed by atoms with Crippen molar-refractivity contribution in [2.75, 3.05) is 39.6 Å². The number of aliphatic hydroxyl groups excluding tert-OH is 1. The highest BCUT2D eigenvalue weighted by molar-refractivity contribution is 7.47. The summed E-state index contributed by atoms with van der Waals surface area (Å²) in [6.07, 6.45) is 68.2. The Morgan fingerprint density at radius 1 is 0.313 bits per heavy atom. The Balaban J connectivity index is 5.32. The average Bonchev–Trinajstić information content (AvgIpc) is 1.01. The van der Waals surface area contributed by atoms with Crippen LogP contribution in [-0.2, 0) is 65.4 Å². The predicted octanol–water partition coefficient (Wildman–Crippen LogP) is 23.1. The maximum Gasteiger partial charge on any atom is 0.472 e. The molecule has 580 valence electrons. The van der Waals surface area contributed by atoms with Crippen molar-refractivity contribution in [3.05, 3.63) is 48.6 Å². The first-order chi connectivity index (χ1) is 48.0. The molecule has 99 heavy (non-hydrogen) atoms. The predicted molar refractivity (Wildman–Crippen MR) is 404 cm³/mol. The van der Waals surface area contributed by atoms with E-state index in [4.69, 9.17) is 37.0 Å². The van der Waals surface area contributed by atoms with Gasteiger partial charge in [0.1, 0.15) is 19.3 Å². The Morgan fingerprint density at radius 3 is 0.828 bits per heavy atom. The van der Waals surface area contributed by atoms with Crippen molar-refractivity contribution >= 4 is 39.5 Å². The zero-order chi connectivity index (χ0) is 72.7. The molecule has 0 saturated heterocycles. The second-order valence-corrected chi connectivity index (χ2v) is 30.8. The van der Waals surface area contributed by atoms with Gasteiger partial charge in [0.15, 0.2) is 12.2 Å². The molecular weight excluding hydrogens is 1290 g/mol. The SMILES string of the molecule is CCCCCC/C=C\C=C/CCCCCCCC(=O)OC[C@H](COP(=O)(O)OC[C@@H](O)COP(=O)(O)OC[C@@H](COC(=O)CCCCCCCCCCC(C)C)OC(=O)CCCCCCC/C=C\C=C/CCCCCC)OC(=O)CCCCCCCCCCCCCCCCCCCC. The van der Waals surface area contributed by atoms with E-state index in [1.54, 1.807) is 0 Å². The van der Waals surface area contributed by atoms with E-state index >= 15 is 0 Å². The summed E-state index contributed by atoms with van der Waals surface area (Å²) in [6.45, 7) is 7.15. The van der Waals surface area contributed by atoms with E-state index < -0.39 is 97.5 Å². The molecule has 0 amide bonds. The summed E-state index contributed by atoms with van der Waals surface area (Å²) in [5.41, 5.74) is 0. The first-order valence-electron chi connectivity index (χ1n) is 40.3. The van der Waals surface area contributed by atoms with Crippen LogP contribution >= 0.6 is 15.6 Å². The molecule has 0 aliphatic rings. The summed E-state index contributed by atoms with van der Waals surface area (Å²) in [5, 5.41) is 10.6. The molecule has 0 spiro atoms. The molecule has 0 aromatic heterocycles. The third-order valence-electron chi connectivity index (χ3n) is 17.5. The van der Waals surface area contributed by atoms with Crippen molar-refractivity contribution in [2.24, 2.45) is 5.92 Å². The third-order valence-corrected chi connectivity index (χ3v) is 19.4. The highest BCUT2D eigenvalue weighted by Crippen LogP contribution is 2.45. The summed E-state index contributed by atoms with van der Waals surface area (Å²) in [5.74, 6) is -1.45. The van der Waals surface area contributed by atoms with E-state index in [9.17, 15) is 43.2 Å². The Hall–Kier alpha value is -2.98. The lowest BCUT2D eigenvalue weighted by molar-refractivity contribution is -0.161. The molecule has 0 aromatic rings. The van der Waals surface area contributed by atoms with E-state index in [0.29, 0.717) is 25.7 Å². The van der Waals surface area contributed by atoms with Gasteiger partial charge in [0.05, 0.1) is 26.4 Å². The number of hydrogen-bond donors (Lipinski definition) is 3. The van der Waals surface area contributed by atoms with Crippen LogP contribution in [0.5, 0.6) is 0 Å². The number of phosphoric ester groups is 2. The van der Waals surface area contributed by atoms with Gasteiger partial charge < -0.3 is 33.8 Å². The Labute approximate surface area is 604 Å². The lowest BCUT2D eigenvalue weighted by Gasteiger charge is -2.21. The maximum absolute atomic E-state index is 13.1. The van der Waals surface area contributed by atoms with Crippen LogP contribution in [0.4, 0.5) is 0 Å². The molecule has 17 nitrogen and oxygen atoms in total. The maximum atomic E-state index is 13.1. The fraction of sp³-hybridized carbons (Fsp3) is 0.850. The number of unbranched alkanes of at least 4 members (excludes halogenated alkanes) is 42. The van der Waals surface area contributed by atoms with E-state index in [1.165, 1.54) is 161 Å². The van der Waals surface area contributed by atoms with Crippen molar-refractivity contribution < 1.29 is 80.2 Å². The quantitative estimate of drug-likeness (QED) is 0.0169. The Bertz CT molecular complexity index is 2080. The van der Waals surface area contributed by atoms with E-state index in [0.717, 1.165) is 134 Å². The molecule has 5 atom stereocenters. The van der Waals surface area contributed by atoms with Crippen LogP contribution in [-0.4, -0.2) is 96.7 Å². The van der Waals surface area contributed by atoms with Crippen LogP contribution in [0.25, 0.3) is 0 Å². The van der Waals surface area contributed by atoms with Gasteiger partial charge in [0.25, 0.3) is 0 Å².